The first kappa shape index (κ1) is 20.0. The highest BCUT2D eigenvalue weighted by Gasteiger charge is 2.16. The topological polar surface area (TPSA) is 58.3 Å². The van der Waals surface area contributed by atoms with E-state index in [1.807, 2.05) is 6.07 Å². The molecular weight excluding hydrogens is 362 g/mol. The maximum absolute atomic E-state index is 5.89. The summed E-state index contributed by atoms with van der Waals surface area (Å²) in [6.45, 7) is 6.96. The molecule has 0 spiro atoms. The van der Waals surface area contributed by atoms with Crippen molar-refractivity contribution in [3.8, 4) is 11.3 Å². The summed E-state index contributed by atoms with van der Waals surface area (Å²) in [4.78, 5) is 3.64. The largest absolute Gasteiger partial charge is 0.381 e. The third-order valence-electron chi connectivity index (χ3n) is 5.40. The van der Waals surface area contributed by atoms with E-state index in [-0.39, 0.29) is 0 Å². The zero-order chi connectivity index (χ0) is 19.9. The molecule has 0 bridgehead atoms. The Morgan fingerprint density at radius 2 is 1.93 bits per heavy atom. The molecule has 3 aromatic rings. The van der Waals surface area contributed by atoms with Crippen molar-refractivity contribution in [1.82, 2.24) is 10.3 Å². The lowest BCUT2D eigenvalue weighted by Gasteiger charge is -2.24. The minimum Gasteiger partial charge on any atom is -0.381 e. The molecule has 1 aromatic heterocycles. The Labute approximate surface area is 172 Å². The summed E-state index contributed by atoms with van der Waals surface area (Å²) < 4.78 is 11.4. The van der Waals surface area contributed by atoms with Gasteiger partial charge in [0.2, 0.25) is 0 Å². The zero-order valence-electron chi connectivity index (χ0n) is 17.2. The second-order valence-electron chi connectivity index (χ2n) is 7.59. The van der Waals surface area contributed by atoms with Crippen LogP contribution in [0.25, 0.3) is 22.2 Å². The molecule has 4 rings (SSSR count). The SMILES string of the molecule is CCNCCOCc1cc(NC2CCOCC2)c2[nH]c(-c3ccccc3)cc2c1. The van der Waals surface area contributed by atoms with Crippen LogP contribution in [0.4, 0.5) is 5.69 Å². The maximum Gasteiger partial charge on any atom is 0.0718 e. The van der Waals surface area contributed by atoms with Crippen LogP contribution in [0.2, 0.25) is 0 Å². The highest BCUT2D eigenvalue weighted by molar-refractivity contribution is 5.95. The summed E-state index contributed by atoms with van der Waals surface area (Å²) in [5, 5.41) is 8.27. The van der Waals surface area contributed by atoms with Gasteiger partial charge in [0.1, 0.15) is 0 Å². The molecule has 5 heteroatoms. The zero-order valence-corrected chi connectivity index (χ0v) is 17.2. The number of nitrogens with one attached hydrogen (secondary N) is 3. The first-order valence-corrected chi connectivity index (χ1v) is 10.7. The van der Waals surface area contributed by atoms with Gasteiger partial charge in [-0.05, 0) is 48.7 Å². The Balaban J connectivity index is 1.60. The molecule has 3 N–H and O–H groups in total. The Bertz CT molecular complexity index is 901. The Hall–Kier alpha value is -2.34. The molecule has 5 nitrogen and oxygen atoms in total. The first-order chi connectivity index (χ1) is 14.3. The van der Waals surface area contributed by atoms with E-state index in [1.165, 1.54) is 16.5 Å². The number of likely N-dealkylation sites (N-methyl/N-ethyl adjacent to an activating group) is 1. The van der Waals surface area contributed by atoms with Gasteiger partial charge in [0, 0.05) is 36.9 Å². The number of fused-ring (bicyclic) bond motifs is 1. The highest BCUT2D eigenvalue weighted by Crippen LogP contribution is 2.31. The second-order valence-corrected chi connectivity index (χ2v) is 7.59. The molecule has 2 aromatic carbocycles. The van der Waals surface area contributed by atoms with Crippen LogP contribution >= 0.6 is 0 Å². The third-order valence-corrected chi connectivity index (χ3v) is 5.40. The fourth-order valence-electron chi connectivity index (χ4n) is 3.85. The van der Waals surface area contributed by atoms with Crippen LogP contribution in [-0.4, -0.2) is 43.9 Å². The normalized spacial score (nSPS) is 15.1. The maximum atomic E-state index is 5.89. The Morgan fingerprint density at radius 1 is 1.10 bits per heavy atom. The van der Waals surface area contributed by atoms with Gasteiger partial charge in [-0.1, -0.05) is 37.3 Å². The molecule has 1 fully saturated rings. The van der Waals surface area contributed by atoms with E-state index >= 15 is 0 Å². The van der Waals surface area contributed by atoms with Crippen LogP contribution < -0.4 is 10.6 Å². The molecule has 0 unspecified atom stereocenters. The number of ether oxygens (including phenoxy) is 2. The summed E-state index contributed by atoms with van der Waals surface area (Å²) in [5.41, 5.74) is 5.85. The van der Waals surface area contributed by atoms with Gasteiger partial charge in [0.15, 0.2) is 0 Å². The standard InChI is InChI=1S/C24H31N3O2/c1-2-25-10-13-29-17-18-14-20-16-22(19-6-4-3-5-7-19)27-24(20)23(15-18)26-21-8-11-28-12-9-21/h3-7,14-16,21,25-27H,2,8-13,17H2,1H3. The lowest BCUT2D eigenvalue weighted by atomic mass is 10.1. The quantitative estimate of drug-likeness (QED) is 0.467. The smallest absolute Gasteiger partial charge is 0.0718 e. The molecule has 0 radical (unpaired) electrons. The Morgan fingerprint density at radius 3 is 2.72 bits per heavy atom. The number of hydrogen-bond donors (Lipinski definition) is 3. The van der Waals surface area contributed by atoms with Crippen LogP contribution in [0.3, 0.4) is 0 Å². The summed E-state index contributed by atoms with van der Waals surface area (Å²) in [6, 6.07) is 17.6. The van der Waals surface area contributed by atoms with Crippen LogP contribution in [0.5, 0.6) is 0 Å². The number of H-pyrrole nitrogens is 1. The van der Waals surface area contributed by atoms with Gasteiger partial charge in [-0.15, -0.1) is 0 Å². The van der Waals surface area contributed by atoms with Crippen molar-refractivity contribution < 1.29 is 9.47 Å². The van der Waals surface area contributed by atoms with Crippen molar-refractivity contribution in [2.24, 2.45) is 0 Å². The lowest BCUT2D eigenvalue weighted by molar-refractivity contribution is 0.0904. The number of aromatic amines is 1. The summed E-state index contributed by atoms with van der Waals surface area (Å²) in [7, 11) is 0. The number of hydrogen-bond acceptors (Lipinski definition) is 4. The molecule has 0 aliphatic carbocycles. The number of benzene rings is 2. The van der Waals surface area contributed by atoms with Gasteiger partial charge in [-0.25, -0.2) is 0 Å². The predicted octanol–water partition coefficient (Wildman–Crippen LogP) is 4.55. The van der Waals surface area contributed by atoms with Gasteiger partial charge in [-0.2, -0.15) is 0 Å². The minimum atomic E-state index is 0.445. The van der Waals surface area contributed by atoms with Gasteiger partial charge in [-0.3, -0.25) is 0 Å². The van der Waals surface area contributed by atoms with Crippen LogP contribution in [0.1, 0.15) is 25.3 Å². The number of aromatic nitrogens is 1. The van der Waals surface area contributed by atoms with Crippen molar-refractivity contribution in [3.05, 3.63) is 54.1 Å². The van der Waals surface area contributed by atoms with Crippen molar-refractivity contribution in [2.75, 3.05) is 38.2 Å². The van der Waals surface area contributed by atoms with E-state index < -0.39 is 0 Å². The fraction of sp³-hybridized carbons (Fsp3) is 0.417. The van der Waals surface area contributed by atoms with Gasteiger partial charge >= 0.3 is 0 Å². The number of rotatable bonds is 9. The van der Waals surface area contributed by atoms with Crippen molar-refractivity contribution in [3.63, 3.8) is 0 Å². The monoisotopic (exact) mass is 393 g/mol. The predicted molar refractivity (Wildman–Crippen MR) is 119 cm³/mol. The molecule has 0 amide bonds. The summed E-state index contributed by atoms with van der Waals surface area (Å²) >= 11 is 0. The molecule has 1 aliphatic rings. The van der Waals surface area contributed by atoms with E-state index in [2.05, 4.69) is 65.0 Å². The van der Waals surface area contributed by atoms with Crippen molar-refractivity contribution >= 4 is 16.6 Å². The third kappa shape index (κ3) is 5.18. The molecule has 2 heterocycles. The second kappa shape index (κ2) is 9.92. The van der Waals surface area contributed by atoms with E-state index in [9.17, 15) is 0 Å². The van der Waals surface area contributed by atoms with E-state index in [0.29, 0.717) is 12.6 Å². The van der Waals surface area contributed by atoms with Gasteiger partial charge < -0.3 is 25.1 Å². The van der Waals surface area contributed by atoms with Crippen LogP contribution in [0.15, 0.2) is 48.5 Å². The molecule has 1 aliphatic heterocycles. The average molecular weight is 394 g/mol. The fourth-order valence-corrected chi connectivity index (χ4v) is 3.85. The van der Waals surface area contributed by atoms with Crippen molar-refractivity contribution in [2.45, 2.75) is 32.4 Å². The number of anilines is 1. The molecule has 0 saturated carbocycles. The highest BCUT2D eigenvalue weighted by atomic mass is 16.5. The molecule has 1 saturated heterocycles. The van der Waals surface area contributed by atoms with Crippen LogP contribution in [-0.2, 0) is 16.1 Å². The lowest BCUT2D eigenvalue weighted by Crippen LogP contribution is -2.28. The molecule has 0 atom stereocenters. The van der Waals surface area contributed by atoms with E-state index in [1.54, 1.807) is 0 Å². The van der Waals surface area contributed by atoms with Gasteiger partial charge in [0.05, 0.1) is 24.4 Å². The molecular formula is C24H31N3O2. The Kier molecular flexibility index (Phi) is 6.83. The van der Waals surface area contributed by atoms with E-state index in [0.717, 1.165) is 62.6 Å². The summed E-state index contributed by atoms with van der Waals surface area (Å²) in [5.74, 6) is 0. The first-order valence-electron chi connectivity index (χ1n) is 10.7. The van der Waals surface area contributed by atoms with Crippen LogP contribution in [0, 0.1) is 0 Å². The van der Waals surface area contributed by atoms with Crippen molar-refractivity contribution in [1.29, 1.82) is 0 Å². The molecule has 29 heavy (non-hydrogen) atoms. The van der Waals surface area contributed by atoms with E-state index in [4.69, 9.17) is 9.47 Å². The molecule has 154 valence electrons. The summed E-state index contributed by atoms with van der Waals surface area (Å²) in [6.07, 6.45) is 2.08. The van der Waals surface area contributed by atoms with Gasteiger partial charge in [0.25, 0.3) is 0 Å². The average Bonchev–Trinajstić information content (AvgIpc) is 3.20. The minimum absolute atomic E-state index is 0.445.